The van der Waals surface area contributed by atoms with Crippen molar-refractivity contribution in [3.8, 4) is 0 Å². The van der Waals surface area contributed by atoms with Crippen LogP contribution in [-0.2, 0) is 6.54 Å². The normalized spacial score (nSPS) is 10.3. The van der Waals surface area contributed by atoms with E-state index in [2.05, 4.69) is 10.3 Å². The third-order valence-corrected chi connectivity index (χ3v) is 3.34. The van der Waals surface area contributed by atoms with Gasteiger partial charge in [-0.1, -0.05) is 17.7 Å². The number of nitrogens with zero attached hydrogens (tertiary/aromatic N) is 1. The Morgan fingerprint density at radius 2 is 2.33 bits per heavy atom. The van der Waals surface area contributed by atoms with Crippen LogP contribution in [0.5, 0.6) is 0 Å². The van der Waals surface area contributed by atoms with Gasteiger partial charge in [0.15, 0.2) is 0 Å². The van der Waals surface area contributed by atoms with Crippen LogP contribution < -0.4 is 5.32 Å². The predicted molar refractivity (Wildman–Crippen MR) is 67.8 cm³/mol. The zero-order chi connectivity index (χ0) is 13.1. The number of thiazole rings is 1. The van der Waals surface area contributed by atoms with Gasteiger partial charge >= 0.3 is 5.97 Å². The van der Waals surface area contributed by atoms with E-state index in [1.165, 1.54) is 12.1 Å². The first-order valence-electron chi connectivity index (χ1n) is 4.93. The summed E-state index contributed by atoms with van der Waals surface area (Å²) in [6.07, 6.45) is 0. The molecule has 1 aromatic heterocycles. The zero-order valence-electron chi connectivity index (χ0n) is 8.98. The van der Waals surface area contributed by atoms with E-state index in [1.807, 2.05) is 0 Å². The number of aromatic nitrogens is 1. The molecule has 0 aliphatic rings. The Kier molecular flexibility index (Phi) is 3.78. The Hall–Kier alpha value is -1.66. The molecule has 0 unspecified atom stereocenters. The monoisotopic (exact) mass is 286 g/mol. The molecule has 0 amide bonds. The number of nitrogens with one attached hydrogen (secondary N) is 1. The zero-order valence-corrected chi connectivity index (χ0v) is 10.6. The number of hydrogen-bond acceptors (Lipinski definition) is 4. The highest BCUT2D eigenvalue weighted by molar-refractivity contribution is 7.11. The van der Waals surface area contributed by atoms with Gasteiger partial charge in [0.05, 0.1) is 22.9 Å². The summed E-state index contributed by atoms with van der Waals surface area (Å²) >= 11 is 6.86. The second-order valence-electron chi connectivity index (χ2n) is 3.40. The summed E-state index contributed by atoms with van der Waals surface area (Å²) in [7, 11) is 0. The minimum absolute atomic E-state index is 0.00595. The fourth-order valence-corrected chi connectivity index (χ4v) is 2.22. The SMILES string of the molecule is O=C(O)c1nc(CNc2c(F)cccc2Cl)cs1. The first-order valence-corrected chi connectivity index (χ1v) is 6.19. The van der Waals surface area contributed by atoms with Gasteiger partial charge < -0.3 is 10.4 Å². The van der Waals surface area contributed by atoms with Gasteiger partial charge in [0, 0.05) is 5.38 Å². The summed E-state index contributed by atoms with van der Waals surface area (Å²) in [5.74, 6) is -1.54. The summed E-state index contributed by atoms with van der Waals surface area (Å²) in [5.41, 5.74) is 0.709. The molecule has 2 aromatic rings. The van der Waals surface area contributed by atoms with Crippen LogP contribution >= 0.6 is 22.9 Å². The van der Waals surface area contributed by atoms with Crippen molar-refractivity contribution in [1.82, 2.24) is 4.98 Å². The van der Waals surface area contributed by atoms with Gasteiger partial charge in [0.2, 0.25) is 5.01 Å². The predicted octanol–water partition coefficient (Wildman–Crippen LogP) is 3.25. The molecule has 1 heterocycles. The van der Waals surface area contributed by atoms with Crippen LogP contribution in [0.25, 0.3) is 0 Å². The summed E-state index contributed by atoms with van der Waals surface area (Å²) in [6.45, 7) is 0.213. The molecule has 0 bridgehead atoms. The number of hydrogen-bond donors (Lipinski definition) is 2. The van der Waals surface area contributed by atoms with Gasteiger partial charge in [-0.25, -0.2) is 14.2 Å². The number of carboxylic acids is 1. The van der Waals surface area contributed by atoms with Crippen LogP contribution in [0, 0.1) is 5.82 Å². The molecule has 0 radical (unpaired) electrons. The van der Waals surface area contributed by atoms with Crippen LogP contribution in [-0.4, -0.2) is 16.1 Å². The Balaban J connectivity index is 2.09. The Bertz CT molecular complexity index is 568. The molecule has 0 aliphatic carbocycles. The minimum Gasteiger partial charge on any atom is -0.476 e. The topological polar surface area (TPSA) is 62.2 Å². The van der Waals surface area contributed by atoms with Crippen molar-refractivity contribution in [2.75, 3.05) is 5.32 Å². The Morgan fingerprint density at radius 3 is 2.94 bits per heavy atom. The quantitative estimate of drug-likeness (QED) is 0.906. The molecule has 4 nitrogen and oxygen atoms in total. The van der Waals surface area contributed by atoms with Gasteiger partial charge in [-0.15, -0.1) is 11.3 Å². The third-order valence-electron chi connectivity index (χ3n) is 2.14. The molecule has 2 rings (SSSR count). The lowest BCUT2D eigenvalue weighted by Gasteiger charge is -2.07. The van der Waals surface area contributed by atoms with Gasteiger partial charge in [-0.2, -0.15) is 0 Å². The van der Waals surface area contributed by atoms with E-state index in [4.69, 9.17) is 16.7 Å². The smallest absolute Gasteiger partial charge is 0.365 e. The summed E-state index contributed by atoms with van der Waals surface area (Å²) in [5, 5.41) is 13.4. The number of carbonyl (C=O) groups is 1. The first-order chi connectivity index (χ1) is 8.58. The molecule has 7 heteroatoms. The first kappa shape index (κ1) is 12.8. The lowest BCUT2D eigenvalue weighted by atomic mass is 10.3. The fraction of sp³-hybridized carbons (Fsp3) is 0.0909. The molecule has 0 atom stereocenters. The van der Waals surface area contributed by atoms with Gasteiger partial charge in [-0.3, -0.25) is 0 Å². The lowest BCUT2D eigenvalue weighted by Crippen LogP contribution is -2.03. The maximum absolute atomic E-state index is 13.4. The highest BCUT2D eigenvalue weighted by Crippen LogP contribution is 2.25. The number of aromatic carboxylic acids is 1. The summed E-state index contributed by atoms with van der Waals surface area (Å²) < 4.78 is 13.4. The van der Waals surface area contributed by atoms with E-state index < -0.39 is 11.8 Å². The van der Waals surface area contributed by atoms with Crippen molar-refractivity contribution in [2.45, 2.75) is 6.54 Å². The number of halogens is 2. The molecule has 94 valence electrons. The average molecular weight is 287 g/mol. The standard InChI is InChI=1S/C11H8ClFN2O2S/c12-7-2-1-3-8(13)9(7)14-4-6-5-18-10(15-6)11(16)17/h1-3,5,14H,4H2,(H,16,17). The highest BCUT2D eigenvalue weighted by Gasteiger charge is 2.10. The molecule has 0 saturated carbocycles. The number of rotatable bonds is 4. The van der Waals surface area contributed by atoms with Gasteiger partial charge in [0.25, 0.3) is 0 Å². The Labute approximate surface area is 111 Å². The fourth-order valence-electron chi connectivity index (χ4n) is 1.33. The van der Waals surface area contributed by atoms with Crippen molar-refractivity contribution in [3.63, 3.8) is 0 Å². The highest BCUT2D eigenvalue weighted by atomic mass is 35.5. The van der Waals surface area contributed by atoms with Crippen LogP contribution in [0.3, 0.4) is 0 Å². The lowest BCUT2D eigenvalue weighted by molar-refractivity contribution is 0.0696. The summed E-state index contributed by atoms with van der Waals surface area (Å²) in [4.78, 5) is 14.5. The molecular formula is C11H8ClFN2O2S. The number of anilines is 1. The van der Waals surface area contributed by atoms with E-state index in [-0.39, 0.29) is 22.3 Å². The van der Waals surface area contributed by atoms with E-state index in [9.17, 15) is 9.18 Å². The van der Waals surface area contributed by atoms with Crippen molar-refractivity contribution >= 4 is 34.6 Å². The Morgan fingerprint density at radius 1 is 1.56 bits per heavy atom. The maximum atomic E-state index is 13.4. The van der Waals surface area contributed by atoms with Crippen molar-refractivity contribution in [1.29, 1.82) is 0 Å². The van der Waals surface area contributed by atoms with Crippen LogP contribution in [0.15, 0.2) is 23.6 Å². The van der Waals surface area contributed by atoms with E-state index in [0.29, 0.717) is 5.69 Å². The third kappa shape index (κ3) is 2.77. The van der Waals surface area contributed by atoms with Gasteiger partial charge in [0.1, 0.15) is 5.82 Å². The van der Waals surface area contributed by atoms with Gasteiger partial charge in [-0.05, 0) is 12.1 Å². The van der Waals surface area contributed by atoms with E-state index in [0.717, 1.165) is 11.3 Å². The molecule has 0 spiro atoms. The second-order valence-corrected chi connectivity index (χ2v) is 4.66. The number of carboxylic acid groups (broad SMARTS) is 1. The molecule has 0 saturated heterocycles. The van der Waals surface area contributed by atoms with Crippen molar-refractivity contribution in [2.24, 2.45) is 0 Å². The minimum atomic E-state index is -1.07. The van der Waals surface area contributed by atoms with Crippen molar-refractivity contribution < 1.29 is 14.3 Å². The summed E-state index contributed by atoms with van der Waals surface area (Å²) in [6, 6.07) is 4.36. The maximum Gasteiger partial charge on any atom is 0.365 e. The second kappa shape index (κ2) is 5.32. The molecule has 0 fully saturated rings. The molecule has 18 heavy (non-hydrogen) atoms. The largest absolute Gasteiger partial charge is 0.476 e. The number of benzene rings is 1. The van der Waals surface area contributed by atoms with Crippen LogP contribution in [0.2, 0.25) is 5.02 Å². The molecule has 2 N–H and O–H groups in total. The van der Waals surface area contributed by atoms with Crippen LogP contribution in [0.1, 0.15) is 15.5 Å². The van der Waals surface area contributed by atoms with E-state index in [1.54, 1.807) is 11.4 Å². The molecule has 0 aliphatic heterocycles. The van der Waals surface area contributed by atoms with Crippen molar-refractivity contribution in [3.05, 3.63) is 45.1 Å². The number of para-hydroxylation sites is 1. The molecular weight excluding hydrogens is 279 g/mol. The van der Waals surface area contributed by atoms with Crippen LogP contribution in [0.4, 0.5) is 10.1 Å². The molecule has 1 aromatic carbocycles. The van der Waals surface area contributed by atoms with E-state index >= 15 is 0 Å². The average Bonchev–Trinajstić information content (AvgIpc) is 2.77.